The molecule has 0 saturated heterocycles. The minimum absolute atomic E-state index is 0.502. The summed E-state index contributed by atoms with van der Waals surface area (Å²) < 4.78 is 5.10. The number of hydrogen-bond acceptors (Lipinski definition) is 4. The van der Waals surface area contributed by atoms with Gasteiger partial charge in [-0.05, 0) is 41.5 Å². The highest BCUT2D eigenvalue weighted by Crippen LogP contribution is 2.29. The summed E-state index contributed by atoms with van der Waals surface area (Å²) in [6, 6.07) is 8.46. The van der Waals surface area contributed by atoms with E-state index in [2.05, 4.69) is 46.7 Å². The molecular weight excluding hydrogens is 282 g/mol. The normalized spacial score (nSPS) is 11.7. The number of thiophene rings is 1. The van der Waals surface area contributed by atoms with E-state index < -0.39 is 0 Å². The van der Waals surface area contributed by atoms with Crippen molar-refractivity contribution in [3.05, 3.63) is 35.3 Å². The predicted molar refractivity (Wildman–Crippen MR) is 87.0 cm³/mol. The van der Waals surface area contributed by atoms with E-state index in [-0.39, 0.29) is 0 Å². The molecule has 0 amide bonds. The van der Waals surface area contributed by atoms with Crippen LogP contribution in [0.15, 0.2) is 29.6 Å². The third-order valence-electron chi connectivity index (χ3n) is 3.76. The molecule has 106 valence electrons. The van der Waals surface area contributed by atoms with Crippen LogP contribution in [0.2, 0.25) is 0 Å². The maximum absolute atomic E-state index is 6.16. The number of aryl methyl sites for hydroxylation is 2. The summed E-state index contributed by atoms with van der Waals surface area (Å²) in [6.45, 7) is 2.08. The van der Waals surface area contributed by atoms with E-state index in [0.29, 0.717) is 5.95 Å². The Morgan fingerprint density at radius 3 is 2.95 bits per heavy atom. The number of anilines is 1. The van der Waals surface area contributed by atoms with Crippen molar-refractivity contribution < 1.29 is 0 Å². The molecule has 3 heterocycles. The number of hydrogen-bond donors (Lipinski definition) is 1. The van der Waals surface area contributed by atoms with Crippen molar-refractivity contribution in [2.75, 3.05) is 5.73 Å². The first-order valence-electron chi connectivity index (χ1n) is 6.86. The number of nitrogens with zero attached hydrogens (tertiary/aromatic N) is 4. The lowest BCUT2D eigenvalue weighted by Crippen LogP contribution is -2.04. The average molecular weight is 297 g/mol. The van der Waals surface area contributed by atoms with Crippen LogP contribution in [0.1, 0.15) is 12.6 Å². The smallest absolute Gasteiger partial charge is 0.207 e. The molecule has 21 heavy (non-hydrogen) atoms. The highest BCUT2D eigenvalue weighted by Gasteiger charge is 2.18. The van der Waals surface area contributed by atoms with E-state index in [1.54, 1.807) is 11.3 Å². The van der Waals surface area contributed by atoms with Crippen LogP contribution >= 0.6 is 11.3 Å². The topological polar surface area (TPSA) is 61.7 Å². The molecule has 0 aliphatic heterocycles. The van der Waals surface area contributed by atoms with Crippen molar-refractivity contribution in [1.82, 2.24) is 19.3 Å². The molecule has 4 aromatic rings. The van der Waals surface area contributed by atoms with Gasteiger partial charge in [-0.1, -0.05) is 6.92 Å². The minimum Gasteiger partial charge on any atom is -0.369 e. The Labute approximate surface area is 125 Å². The Bertz CT molecular complexity index is 959. The standard InChI is InChI=1S/C15H15N5S/c1-3-11-13-14(19(2)18-11)20(15(16)17-13)10-4-5-12-9(8-10)6-7-21-12/h4-8H,3H2,1-2H3,(H2,16,17). The first-order chi connectivity index (χ1) is 10.2. The lowest BCUT2D eigenvalue weighted by Gasteiger charge is -2.07. The number of rotatable bonds is 2. The highest BCUT2D eigenvalue weighted by molar-refractivity contribution is 7.17. The summed E-state index contributed by atoms with van der Waals surface area (Å²) >= 11 is 1.74. The quantitative estimate of drug-likeness (QED) is 0.618. The van der Waals surface area contributed by atoms with E-state index in [0.717, 1.165) is 29.0 Å². The van der Waals surface area contributed by atoms with Crippen LogP contribution < -0.4 is 5.73 Å². The lowest BCUT2D eigenvalue weighted by molar-refractivity contribution is 0.751. The summed E-state index contributed by atoms with van der Waals surface area (Å²) in [5.74, 6) is 0.502. The zero-order valence-corrected chi connectivity index (χ0v) is 12.7. The predicted octanol–water partition coefficient (Wildman–Crippen LogP) is 3.12. The molecule has 5 nitrogen and oxygen atoms in total. The van der Waals surface area contributed by atoms with E-state index in [9.17, 15) is 0 Å². The monoisotopic (exact) mass is 297 g/mol. The Kier molecular flexibility index (Phi) is 2.56. The number of benzene rings is 1. The van der Waals surface area contributed by atoms with E-state index >= 15 is 0 Å². The number of aromatic nitrogens is 4. The van der Waals surface area contributed by atoms with Gasteiger partial charge in [0.1, 0.15) is 5.52 Å². The SMILES string of the molecule is CCc1nn(C)c2c1nc(N)n2-c1ccc2sccc2c1. The molecule has 6 heteroatoms. The molecule has 0 atom stereocenters. The van der Waals surface area contributed by atoms with Crippen molar-refractivity contribution in [2.24, 2.45) is 7.05 Å². The van der Waals surface area contributed by atoms with Crippen molar-refractivity contribution in [1.29, 1.82) is 0 Å². The molecule has 2 N–H and O–H groups in total. The maximum Gasteiger partial charge on any atom is 0.207 e. The molecule has 0 spiro atoms. The van der Waals surface area contributed by atoms with Crippen LogP contribution in [0.3, 0.4) is 0 Å². The molecule has 0 unspecified atom stereocenters. The molecular formula is C15H15N5S. The van der Waals surface area contributed by atoms with Gasteiger partial charge in [0, 0.05) is 11.7 Å². The van der Waals surface area contributed by atoms with Gasteiger partial charge in [-0.15, -0.1) is 11.3 Å². The molecule has 3 aromatic heterocycles. The molecule has 4 rings (SSSR count). The summed E-state index contributed by atoms with van der Waals surface area (Å²) in [7, 11) is 1.93. The van der Waals surface area contributed by atoms with Gasteiger partial charge >= 0.3 is 0 Å². The number of imidazole rings is 1. The third-order valence-corrected chi connectivity index (χ3v) is 4.66. The Hall–Kier alpha value is -2.34. The fraction of sp³-hybridized carbons (Fsp3) is 0.200. The van der Waals surface area contributed by atoms with E-state index in [1.807, 2.05) is 16.3 Å². The third kappa shape index (κ3) is 1.69. The van der Waals surface area contributed by atoms with Crippen LogP contribution in [0.5, 0.6) is 0 Å². The molecule has 0 bridgehead atoms. The molecule has 0 aliphatic carbocycles. The van der Waals surface area contributed by atoms with Crippen LogP contribution in [-0.4, -0.2) is 19.3 Å². The Balaban J connectivity index is 2.04. The summed E-state index contributed by atoms with van der Waals surface area (Å²) in [5, 5.41) is 7.84. The lowest BCUT2D eigenvalue weighted by atomic mass is 10.2. The molecule has 1 aromatic carbocycles. The molecule has 0 radical (unpaired) electrons. The largest absolute Gasteiger partial charge is 0.369 e. The summed E-state index contributed by atoms with van der Waals surface area (Å²) in [5.41, 5.74) is 9.99. The van der Waals surface area contributed by atoms with Gasteiger partial charge in [0.25, 0.3) is 0 Å². The molecule has 0 saturated carbocycles. The number of nitrogen functional groups attached to an aromatic ring is 1. The van der Waals surface area contributed by atoms with Crippen LogP contribution in [0.25, 0.3) is 26.9 Å². The van der Waals surface area contributed by atoms with Gasteiger partial charge in [0.2, 0.25) is 5.95 Å². The van der Waals surface area contributed by atoms with Gasteiger partial charge in [-0.2, -0.15) is 5.10 Å². The fourth-order valence-electron chi connectivity index (χ4n) is 2.78. The number of fused-ring (bicyclic) bond motifs is 2. The van der Waals surface area contributed by atoms with Crippen molar-refractivity contribution in [3.8, 4) is 5.69 Å². The Morgan fingerprint density at radius 2 is 2.14 bits per heavy atom. The van der Waals surface area contributed by atoms with Gasteiger partial charge in [0.05, 0.1) is 11.4 Å². The summed E-state index contributed by atoms with van der Waals surface area (Å²) in [6.07, 6.45) is 0.845. The van der Waals surface area contributed by atoms with Crippen LogP contribution in [0.4, 0.5) is 5.95 Å². The second-order valence-corrected chi connectivity index (χ2v) is 5.99. The van der Waals surface area contributed by atoms with Crippen LogP contribution in [0, 0.1) is 0 Å². The molecule has 0 aliphatic rings. The van der Waals surface area contributed by atoms with Gasteiger partial charge in [0.15, 0.2) is 5.65 Å². The van der Waals surface area contributed by atoms with Crippen molar-refractivity contribution >= 4 is 38.5 Å². The van der Waals surface area contributed by atoms with Gasteiger partial charge in [-0.25, -0.2) is 9.67 Å². The zero-order valence-electron chi connectivity index (χ0n) is 11.9. The zero-order chi connectivity index (χ0) is 14.6. The summed E-state index contributed by atoms with van der Waals surface area (Å²) in [4.78, 5) is 4.51. The highest BCUT2D eigenvalue weighted by atomic mass is 32.1. The minimum atomic E-state index is 0.502. The number of nitrogens with two attached hydrogens (primary N) is 1. The van der Waals surface area contributed by atoms with Crippen molar-refractivity contribution in [2.45, 2.75) is 13.3 Å². The maximum atomic E-state index is 6.16. The van der Waals surface area contributed by atoms with Crippen LogP contribution in [-0.2, 0) is 13.5 Å². The fourth-order valence-corrected chi connectivity index (χ4v) is 3.55. The molecule has 0 fully saturated rings. The average Bonchev–Trinajstić information content (AvgIpc) is 3.13. The Morgan fingerprint density at radius 1 is 1.29 bits per heavy atom. The van der Waals surface area contributed by atoms with Crippen molar-refractivity contribution in [3.63, 3.8) is 0 Å². The first kappa shape index (κ1) is 12.4. The van der Waals surface area contributed by atoms with E-state index in [4.69, 9.17) is 5.73 Å². The second kappa shape index (κ2) is 4.33. The first-order valence-corrected chi connectivity index (χ1v) is 7.74. The van der Waals surface area contributed by atoms with Gasteiger partial charge in [-0.3, -0.25) is 4.57 Å². The van der Waals surface area contributed by atoms with E-state index in [1.165, 1.54) is 10.1 Å². The second-order valence-electron chi connectivity index (χ2n) is 5.04. The van der Waals surface area contributed by atoms with Gasteiger partial charge < -0.3 is 5.73 Å².